The lowest BCUT2D eigenvalue weighted by atomic mass is 10.0. The molecule has 2 aromatic carbocycles. The van der Waals surface area contributed by atoms with E-state index in [0.29, 0.717) is 17.3 Å². The number of ether oxygens (including phenoxy) is 1. The first kappa shape index (κ1) is 20.9. The molecule has 0 amide bonds. The Balaban J connectivity index is 1.65. The van der Waals surface area contributed by atoms with Gasteiger partial charge < -0.3 is 15.0 Å². The van der Waals surface area contributed by atoms with Gasteiger partial charge in [-0.1, -0.05) is 18.2 Å². The highest BCUT2D eigenvalue weighted by Crippen LogP contribution is 2.30. The van der Waals surface area contributed by atoms with Crippen LogP contribution in [0.3, 0.4) is 0 Å². The van der Waals surface area contributed by atoms with Gasteiger partial charge in [0.1, 0.15) is 10.6 Å². The molecule has 6 nitrogen and oxygen atoms in total. The minimum absolute atomic E-state index is 0.178. The summed E-state index contributed by atoms with van der Waals surface area (Å²) in [7, 11) is -0.134. The van der Waals surface area contributed by atoms with Crippen molar-refractivity contribution in [1.82, 2.24) is 14.2 Å². The SMILES string of the molecule is COc1ccc(C)cc1S(=O)(=O)n1ccc2c(CNC3CCN(C)CC3)cccc21. The number of methoxy groups -OCH3 is 1. The van der Waals surface area contributed by atoms with E-state index in [2.05, 4.69) is 23.3 Å². The summed E-state index contributed by atoms with van der Waals surface area (Å²) in [6, 6.07) is 13.4. The summed E-state index contributed by atoms with van der Waals surface area (Å²) >= 11 is 0. The summed E-state index contributed by atoms with van der Waals surface area (Å²) in [4.78, 5) is 2.53. The van der Waals surface area contributed by atoms with Crippen molar-refractivity contribution >= 4 is 20.9 Å². The van der Waals surface area contributed by atoms with E-state index in [9.17, 15) is 8.42 Å². The normalized spacial score (nSPS) is 16.2. The van der Waals surface area contributed by atoms with E-state index in [-0.39, 0.29) is 4.90 Å². The van der Waals surface area contributed by atoms with Gasteiger partial charge in [0.25, 0.3) is 10.0 Å². The Morgan fingerprint density at radius 2 is 1.90 bits per heavy atom. The molecule has 0 spiro atoms. The fourth-order valence-corrected chi connectivity index (χ4v) is 5.72. The van der Waals surface area contributed by atoms with Gasteiger partial charge in [-0.25, -0.2) is 12.4 Å². The van der Waals surface area contributed by atoms with Crippen molar-refractivity contribution in [3.63, 3.8) is 0 Å². The first-order valence-electron chi connectivity index (χ1n) is 10.3. The van der Waals surface area contributed by atoms with Crippen molar-refractivity contribution in [1.29, 1.82) is 0 Å². The number of rotatable bonds is 6. The van der Waals surface area contributed by atoms with Crippen LogP contribution in [0.1, 0.15) is 24.0 Å². The second-order valence-electron chi connectivity index (χ2n) is 8.08. The predicted octanol–water partition coefficient (Wildman–Crippen LogP) is 3.38. The van der Waals surface area contributed by atoms with Crippen LogP contribution in [0.25, 0.3) is 10.9 Å². The number of piperidine rings is 1. The van der Waals surface area contributed by atoms with Gasteiger partial charge in [0, 0.05) is 24.2 Å². The van der Waals surface area contributed by atoms with Crippen molar-refractivity contribution in [3.8, 4) is 5.75 Å². The van der Waals surface area contributed by atoms with Crippen LogP contribution in [0, 0.1) is 6.92 Å². The second-order valence-corrected chi connectivity index (χ2v) is 9.86. The third-order valence-electron chi connectivity index (χ3n) is 5.94. The van der Waals surface area contributed by atoms with Gasteiger partial charge in [0.15, 0.2) is 0 Å². The first-order chi connectivity index (χ1) is 14.4. The Bertz CT molecular complexity index is 1150. The number of aryl methyl sites for hydroxylation is 1. The number of nitrogens with zero attached hydrogens (tertiary/aromatic N) is 2. The van der Waals surface area contributed by atoms with Crippen LogP contribution in [0.2, 0.25) is 0 Å². The molecular formula is C23H29N3O3S. The molecule has 1 N–H and O–H groups in total. The smallest absolute Gasteiger partial charge is 0.271 e. The zero-order valence-corrected chi connectivity index (χ0v) is 18.6. The molecule has 7 heteroatoms. The van der Waals surface area contributed by atoms with E-state index in [4.69, 9.17) is 4.74 Å². The Kier molecular flexibility index (Phi) is 5.86. The van der Waals surface area contributed by atoms with Gasteiger partial charge in [0.2, 0.25) is 0 Å². The fourth-order valence-electron chi connectivity index (χ4n) is 4.13. The van der Waals surface area contributed by atoms with Crippen LogP contribution < -0.4 is 10.1 Å². The fraction of sp³-hybridized carbons (Fsp3) is 0.391. The molecule has 0 aliphatic carbocycles. The largest absolute Gasteiger partial charge is 0.495 e. The number of benzene rings is 2. The quantitative estimate of drug-likeness (QED) is 0.653. The maximum atomic E-state index is 13.5. The van der Waals surface area contributed by atoms with Gasteiger partial charge in [-0.3, -0.25) is 0 Å². The van der Waals surface area contributed by atoms with Crippen molar-refractivity contribution < 1.29 is 13.2 Å². The second kappa shape index (κ2) is 8.41. The lowest BCUT2D eigenvalue weighted by Crippen LogP contribution is -2.40. The first-order valence-corrected chi connectivity index (χ1v) is 11.8. The molecule has 0 saturated carbocycles. The lowest BCUT2D eigenvalue weighted by molar-refractivity contribution is 0.234. The van der Waals surface area contributed by atoms with Crippen molar-refractivity contribution in [2.24, 2.45) is 0 Å². The average Bonchev–Trinajstić information content (AvgIpc) is 3.19. The molecule has 1 aliphatic rings. The zero-order valence-electron chi connectivity index (χ0n) is 17.8. The standard InChI is InChI=1S/C23H29N3O3S/c1-17-7-8-22(29-3)23(15-17)30(27,28)26-14-11-20-18(5-4-6-21(20)26)16-24-19-9-12-25(2)13-10-19/h4-8,11,14-15,19,24H,9-10,12-13,16H2,1-3H3. The van der Waals surface area contributed by atoms with E-state index < -0.39 is 10.0 Å². The third kappa shape index (κ3) is 3.97. The summed E-state index contributed by atoms with van der Waals surface area (Å²) in [5.41, 5.74) is 2.66. The molecule has 3 aromatic rings. The number of aromatic nitrogens is 1. The highest BCUT2D eigenvalue weighted by Gasteiger charge is 2.24. The molecular weight excluding hydrogens is 398 g/mol. The Labute approximate surface area is 178 Å². The maximum absolute atomic E-state index is 13.5. The van der Waals surface area contributed by atoms with Crippen molar-refractivity contribution in [2.45, 2.75) is 37.2 Å². The van der Waals surface area contributed by atoms with Crippen LogP contribution >= 0.6 is 0 Å². The van der Waals surface area contributed by atoms with Crippen LogP contribution in [0.15, 0.2) is 53.6 Å². The van der Waals surface area contributed by atoms with Crippen LogP contribution in [-0.2, 0) is 16.6 Å². The molecule has 1 aliphatic heterocycles. The van der Waals surface area contributed by atoms with E-state index in [1.807, 2.05) is 31.2 Å². The average molecular weight is 428 g/mol. The number of fused-ring (bicyclic) bond motifs is 1. The van der Waals surface area contributed by atoms with Crippen molar-refractivity contribution in [3.05, 3.63) is 59.8 Å². The van der Waals surface area contributed by atoms with E-state index in [1.54, 1.807) is 18.3 Å². The maximum Gasteiger partial charge on any atom is 0.271 e. The summed E-state index contributed by atoms with van der Waals surface area (Å²) in [6.07, 6.45) is 3.91. The molecule has 0 radical (unpaired) electrons. The molecule has 1 fully saturated rings. The molecule has 0 bridgehead atoms. The molecule has 4 rings (SSSR count). The van der Waals surface area contributed by atoms with E-state index in [0.717, 1.165) is 49.0 Å². The summed E-state index contributed by atoms with van der Waals surface area (Å²) in [5.74, 6) is 0.350. The summed E-state index contributed by atoms with van der Waals surface area (Å²) in [5, 5.41) is 4.60. The Morgan fingerprint density at radius 3 is 2.63 bits per heavy atom. The third-order valence-corrected chi connectivity index (χ3v) is 7.65. The monoisotopic (exact) mass is 427 g/mol. The molecule has 0 unspecified atom stereocenters. The minimum atomic E-state index is -3.78. The van der Waals surface area contributed by atoms with Gasteiger partial charge in [-0.2, -0.15) is 0 Å². The molecule has 1 saturated heterocycles. The van der Waals surface area contributed by atoms with Crippen LogP contribution in [-0.4, -0.2) is 50.6 Å². The number of nitrogens with one attached hydrogen (secondary N) is 1. The minimum Gasteiger partial charge on any atom is -0.495 e. The summed E-state index contributed by atoms with van der Waals surface area (Å²) < 4.78 is 33.6. The molecule has 1 aromatic heterocycles. The number of likely N-dealkylation sites (tertiary alicyclic amines) is 1. The van der Waals surface area contributed by atoms with Gasteiger partial charge in [-0.15, -0.1) is 0 Å². The number of hydrogen-bond acceptors (Lipinski definition) is 5. The lowest BCUT2D eigenvalue weighted by Gasteiger charge is -2.29. The number of hydrogen-bond donors (Lipinski definition) is 1. The van der Waals surface area contributed by atoms with Crippen molar-refractivity contribution in [2.75, 3.05) is 27.2 Å². The molecule has 2 heterocycles. The highest BCUT2D eigenvalue weighted by molar-refractivity contribution is 7.90. The summed E-state index contributed by atoms with van der Waals surface area (Å²) in [6.45, 7) is 4.81. The predicted molar refractivity (Wildman–Crippen MR) is 120 cm³/mol. The Hall–Kier alpha value is -2.35. The van der Waals surface area contributed by atoms with E-state index >= 15 is 0 Å². The topological polar surface area (TPSA) is 63.6 Å². The highest BCUT2D eigenvalue weighted by atomic mass is 32.2. The Morgan fingerprint density at radius 1 is 1.13 bits per heavy atom. The van der Waals surface area contributed by atoms with Crippen LogP contribution in [0.4, 0.5) is 0 Å². The molecule has 30 heavy (non-hydrogen) atoms. The van der Waals surface area contributed by atoms with Gasteiger partial charge in [0.05, 0.1) is 12.6 Å². The zero-order chi connectivity index (χ0) is 21.3. The molecule has 160 valence electrons. The van der Waals surface area contributed by atoms with Gasteiger partial charge >= 0.3 is 0 Å². The molecule has 0 atom stereocenters. The van der Waals surface area contributed by atoms with Crippen LogP contribution in [0.5, 0.6) is 5.75 Å². The van der Waals surface area contributed by atoms with Gasteiger partial charge in [-0.05, 0) is 75.3 Å². The van der Waals surface area contributed by atoms with E-state index in [1.165, 1.54) is 11.1 Å².